The molecule has 0 spiro atoms. The lowest BCUT2D eigenvalue weighted by Gasteiger charge is -2.12. The summed E-state index contributed by atoms with van der Waals surface area (Å²) in [6, 6.07) is 17.0. The van der Waals surface area contributed by atoms with Crippen LogP contribution in [-0.2, 0) is 9.59 Å². The number of halogens is 1. The Bertz CT molecular complexity index is 1310. The van der Waals surface area contributed by atoms with Crippen molar-refractivity contribution in [2.45, 2.75) is 0 Å². The summed E-state index contributed by atoms with van der Waals surface area (Å²) in [5.74, 6) is -1.39. The molecule has 0 bridgehead atoms. The quantitative estimate of drug-likeness (QED) is 0.475. The molecule has 4 rings (SSSR count). The molecule has 0 atom stereocenters. The molecule has 1 aliphatic heterocycles. The fourth-order valence-electron chi connectivity index (χ4n) is 3.12. The smallest absolute Gasteiger partial charge is 0.329 e. The summed E-state index contributed by atoms with van der Waals surface area (Å²) in [6.07, 6.45) is 1.33. The Morgan fingerprint density at radius 1 is 1.12 bits per heavy atom. The molecule has 2 heterocycles. The minimum absolute atomic E-state index is 0.0546. The number of nitrogens with zero attached hydrogens (tertiary/aromatic N) is 2. The molecule has 9 heteroatoms. The zero-order chi connectivity index (χ0) is 22.7. The lowest BCUT2D eigenvalue weighted by atomic mass is 10.1. The average Bonchev–Trinajstić information content (AvgIpc) is 3.35. The number of carbonyl (C=O) groups excluding carboxylic acids is 3. The summed E-state index contributed by atoms with van der Waals surface area (Å²) in [4.78, 5) is 37.7. The van der Waals surface area contributed by atoms with Crippen LogP contribution in [0.4, 0.5) is 14.9 Å². The van der Waals surface area contributed by atoms with Crippen LogP contribution < -0.4 is 10.6 Å². The van der Waals surface area contributed by atoms with E-state index in [9.17, 15) is 24.0 Å². The standard InChI is InChI=1S/C23H15FN4O4/c24-17-7-3-4-8-18(17)26-21(29)13-28-22(30)19(27-23(28)31)11-15-9-10-20(32-15)16-6-2-1-5-14(16)12-25/h1-11H,13H2,(H,26,29)(H,27,31)/b19-11+. The van der Waals surface area contributed by atoms with Crippen LogP contribution in [0.3, 0.4) is 0 Å². The summed E-state index contributed by atoms with van der Waals surface area (Å²) in [5.41, 5.74) is 0.885. The number of nitriles is 1. The normalized spacial score (nSPS) is 14.4. The fraction of sp³-hybridized carbons (Fsp3) is 0.0435. The van der Waals surface area contributed by atoms with E-state index in [0.717, 1.165) is 0 Å². The van der Waals surface area contributed by atoms with E-state index in [4.69, 9.17) is 4.42 Å². The minimum Gasteiger partial charge on any atom is -0.457 e. The molecule has 0 radical (unpaired) electrons. The van der Waals surface area contributed by atoms with Gasteiger partial charge in [-0.25, -0.2) is 14.1 Å². The first-order valence-corrected chi connectivity index (χ1v) is 9.44. The number of amides is 4. The molecule has 8 nitrogen and oxygen atoms in total. The van der Waals surface area contributed by atoms with Crippen LogP contribution in [0, 0.1) is 17.1 Å². The number of nitrogens with one attached hydrogen (secondary N) is 2. The first kappa shape index (κ1) is 20.6. The maximum Gasteiger partial charge on any atom is 0.329 e. The van der Waals surface area contributed by atoms with E-state index < -0.39 is 30.2 Å². The van der Waals surface area contributed by atoms with Gasteiger partial charge in [-0.3, -0.25) is 9.59 Å². The second kappa shape index (κ2) is 8.57. The zero-order valence-corrected chi connectivity index (χ0v) is 16.5. The molecule has 0 saturated carbocycles. The molecule has 3 aromatic rings. The van der Waals surface area contributed by atoms with Gasteiger partial charge in [0.25, 0.3) is 5.91 Å². The molecular formula is C23H15FN4O4. The molecule has 0 unspecified atom stereocenters. The first-order valence-electron chi connectivity index (χ1n) is 9.44. The predicted molar refractivity (Wildman–Crippen MR) is 112 cm³/mol. The van der Waals surface area contributed by atoms with Gasteiger partial charge in [0.15, 0.2) is 0 Å². The van der Waals surface area contributed by atoms with Crippen molar-refractivity contribution in [3.63, 3.8) is 0 Å². The number of rotatable bonds is 5. The van der Waals surface area contributed by atoms with Crippen molar-refractivity contribution < 1.29 is 23.2 Å². The van der Waals surface area contributed by atoms with Crippen molar-refractivity contribution in [1.82, 2.24) is 10.2 Å². The second-order valence-corrected chi connectivity index (χ2v) is 6.77. The highest BCUT2D eigenvalue weighted by Gasteiger charge is 2.35. The van der Waals surface area contributed by atoms with Gasteiger partial charge in [0.05, 0.1) is 17.3 Å². The van der Waals surface area contributed by atoms with E-state index in [-0.39, 0.29) is 17.1 Å². The zero-order valence-electron chi connectivity index (χ0n) is 16.5. The van der Waals surface area contributed by atoms with Gasteiger partial charge in [0.2, 0.25) is 5.91 Å². The van der Waals surface area contributed by atoms with Crippen LogP contribution >= 0.6 is 0 Å². The highest BCUT2D eigenvalue weighted by atomic mass is 19.1. The van der Waals surface area contributed by atoms with E-state index in [1.807, 2.05) is 0 Å². The number of anilines is 1. The van der Waals surface area contributed by atoms with E-state index in [0.29, 0.717) is 21.8 Å². The summed E-state index contributed by atoms with van der Waals surface area (Å²) in [7, 11) is 0. The molecule has 1 aromatic heterocycles. The number of hydrogen-bond acceptors (Lipinski definition) is 5. The minimum atomic E-state index is -0.786. The molecular weight excluding hydrogens is 415 g/mol. The lowest BCUT2D eigenvalue weighted by Crippen LogP contribution is -2.38. The lowest BCUT2D eigenvalue weighted by molar-refractivity contribution is -0.127. The molecule has 1 saturated heterocycles. The maximum absolute atomic E-state index is 13.7. The van der Waals surface area contributed by atoms with Gasteiger partial charge in [-0.2, -0.15) is 5.26 Å². The predicted octanol–water partition coefficient (Wildman–Crippen LogP) is 3.49. The van der Waals surface area contributed by atoms with Crippen molar-refractivity contribution in [2.75, 3.05) is 11.9 Å². The molecule has 1 fully saturated rings. The number of carbonyl (C=O) groups is 3. The largest absolute Gasteiger partial charge is 0.457 e. The van der Waals surface area contributed by atoms with Crippen molar-refractivity contribution in [3.05, 3.63) is 83.5 Å². The number of urea groups is 1. The van der Waals surface area contributed by atoms with Crippen LogP contribution in [0.5, 0.6) is 0 Å². The van der Waals surface area contributed by atoms with Gasteiger partial charge < -0.3 is 15.1 Å². The SMILES string of the molecule is N#Cc1ccccc1-c1ccc(/C=C2/NC(=O)N(CC(=O)Nc3ccccc3F)C2=O)o1. The van der Waals surface area contributed by atoms with Crippen LogP contribution in [-0.4, -0.2) is 29.3 Å². The Morgan fingerprint density at radius 2 is 1.88 bits per heavy atom. The molecule has 4 amide bonds. The number of benzene rings is 2. The topological polar surface area (TPSA) is 115 Å². The Balaban J connectivity index is 1.48. The third-order valence-electron chi connectivity index (χ3n) is 4.64. The molecule has 0 aliphatic carbocycles. The third kappa shape index (κ3) is 4.11. The van der Waals surface area contributed by atoms with E-state index in [1.54, 1.807) is 42.5 Å². The average molecular weight is 430 g/mol. The summed E-state index contributed by atoms with van der Waals surface area (Å²) >= 11 is 0. The monoisotopic (exact) mass is 430 g/mol. The van der Waals surface area contributed by atoms with Gasteiger partial charge in [0.1, 0.15) is 29.6 Å². The van der Waals surface area contributed by atoms with Crippen LogP contribution in [0.2, 0.25) is 0 Å². The molecule has 2 aromatic carbocycles. The number of para-hydroxylation sites is 1. The van der Waals surface area contributed by atoms with E-state index >= 15 is 0 Å². The number of imide groups is 1. The Hall–Kier alpha value is -4.71. The fourth-order valence-corrected chi connectivity index (χ4v) is 3.12. The van der Waals surface area contributed by atoms with Crippen LogP contribution in [0.25, 0.3) is 17.4 Å². The number of hydrogen-bond donors (Lipinski definition) is 2. The van der Waals surface area contributed by atoms with Crippen molar-refractivity contribution in [1.29, 1.82) is 5.26 Å². The summed E-state index contributed by atoms with van der Waals surface area (Å²) < 4.78 is 19.4. The van der Waals surface area contributed by atoms with Gasteiger partial charge in [-0.05, 0) is 36.4 Å². The van der Waals surface area contributed by atoms with Gasteiger partial charge in [-0.15, -0.1) is 0 Å². The van der Waals surface area contributed by atoms with Crippen molar-refractivity contribution in [2.24, 2.45) is 0 Å². The Kier molecular flexibility index (Phi) is 5.51. The highest BCUT2D eigenvalue weighted by Crippen LogP contribution is 2.26. The van der Waals surface area contributed by atoms with Crippen LogP contribution in [0.1, 0.15) is 11.3 Å². The maximum atomic E-state index is 13.7. The molecule has 2 N–H and O–H groups in total. The van der Waals surface area contributed by atoms with Crippen molar-refractivity contribution in [3.8, 4) is 17.4 Å². The molecule has 158 valence electrons. The summed E-state index contributed by atoms with van der Waals surface area (Å²) in [5, 5.41) is 13.9. The molecule has 32 heavy (non-hydrogen) atoms. The first-order chi connectivity index (χ1) is 15.5. The van der Waals surface area contributed by atoms with Gasteiger partial charge in [-0.1, -0.05) is 24.3 Å². The van der Waals surface area contributed by atoms with Gasteiger partial charge in [0, 0.05) is 11.6 Å². The summed E-state index contributed by atoms with van der Waals surface area (Å²) in [6.45, 7) is -0.588. The Morgan fingerprint density at radius 3 is 2.66 bits per heavy atom. The van der Waals surface area contributed by atoms with Crippen molar-refractivity contribution >= 4 is 29.6 Å². The third-order valence-corrected chi connectivity index (χ3v) is 4.64. The Labute approximate surface area is 181 Å². The van der Waals surface area contributed by atoms with Gasteiger partial charge >= 0.3 is 6.03 Å². The van der Waals surface area contributed by atoms with Crippen LogP contribution in [0.15, 0.2) is 70.8 Å². The number of furan rings is 1. The molecule has 1 aliphatic rings. The van der Waals surface area contributed by atoms with E-state index in [2.05, 4.69) is 16.7 Å². The highest BCUT2D eigenvalue weighted by molar-refractivity contribution is 6.15. The second-order valence-electron chi connectivity index (χ2n) is 6.77. The van der Waals surface area contributed by atoms with E-state index in [1.165, 1.54) is 24.3 Å².